The summed E-state index contributed by atoms with van der Waals surface area (Å²) in [4.78, 5) is 27.2. The predicted octanol–water partition coefficient (Wildman–Crippen LogP) is 1.02. The first kappa shape index (κ1) is 14.4. The first-order valence-electron chi connectivity index (χ1n) is 6.86. The molecule has 1 saturated heterocycles. The van der Waals surface area contributed by atoms with Crippen LogP contribution in [0.1, 0.15) is 18.4 Å². The predicted molar refractivity (Wildman–Crippen MR) is 75.3 cm³/mol. The van der Waals surface area contributed by atoms with Gasteiger partial charge in [-0.15, -0.1) is 0 Å². The van der Waals surface area contributed by atoms with Gasteiger partial charge in [0.2, 0.25) is 11.8 Å². The molecule has 0 aliphatic carbocycles. The molecule has 0 saturated carbocycles. The van der Waals surface area contributed by atoms with Gasteiger partial charge in [0, 0.05) is 25.7 Å². The third-order valence-corrected chi connectivity index (χ3v) is 3.59. The molecular formula is C15H20N2O3. The van der Waals surface area contributed by atoms with Crippen LogP contribution in [0, 0.1) is 0 Å². The SMILES string of the molecule is CN(CC(=O)N1CCCC1)C(=O)Cc1ccccc1O. The lowest BCUT2D eigenvalue weighted by Gasteiger charge is -2.21. The molecule has 0 aromatic heterocycles. The monoisotopic (exact) mass is 276 g/mol. The van der Waals surface area contributed by atoms with Crippen LogP contribution in [0.5, 0.6) is 5.75 Å². The molecule has 5 heteroatoms. The van der Waals surface area contributed by atoms with Crippen LogP contribution < -0.4 is 0 Å². The smallest absolute Gasteiger partial charge is 0.242 e. The number of carbonyl (C=O) groups excluding carboxylic acids is 2. The Morgan fingerprint density at radius 1 is 1.25 bits per heavy atom. The molecule has 1 aliphatic heterocycles. The second-order valence-corrected chi connectivity index (χ2v) is 5.14. The zero-order valence-corrected chi connectivity index (χ0v) is 11.7. The van der Waals surface area contributed by atoms with E-state index < -0.39 is 0 Å². The molecule has 1 aromatic carbocycles. The van der Waals surface area contributed by atoms with Crippen molar-refractivity contribution in [2.75, 3.05) is 26.7 Å². The molecule has 1 heterocycles. The van der Waals surface area contributed by atoms with Crippen molar-refractivity contribution in [2.24, 2.45) is 0 Å². The second-order valence-electron chi connectivity index (χ2n) is 5.14. The number of hydrogen-bond donors (Lipinski definition) is 1. The van der Waals surface area contributed by atoms with Crippen LogP contribution in [-0.4, -0.2) is 53.4 Å². The standard InChI is InChI=1S/C15H20N2O3/c1-16(11-15(20)17-8-4-5-9-17)14(19)10-12-6-2-3-7-13(12)18/h2-3,6-7,18H,4-5,8-11H2,1H3. The highest BCUT2D eigenvalue weighted by Crippen LogP contribution is 2.16. The summed E-state index contributed by atoms with van der Waals surface area (Å²) in [6.07, 6.45) is 2.19. The summed E-state index contributed by atoms with van der Waals surface area (Å²) in [5.74, 6) is -0.0604. The number of phenolic OH excluding ortho intramolecular Hbond substituents is 1. The Morgan fingerprint density at radius 2 is 1.90 bits per heavy atom. The quantitative estimate of drug-likeness (QED) is 0.893. The number of carbonyl (C=O) groups is 2. The zero-order chi connectivity index (χ0) is 14.5. The third-order valence-electron chi connectivity index (χ3n) is 3.59. The first-order valence-corrected chi connectivity index (χ1v) is 6.86. The molecule has 1 aliphatic rings. The van der Waals surface area contributed by atoms with Crippen LogP contribution in [0.15, 0.2) is 24.3 Å². The van der Waals surface area contributed by atoms with E-state index in [4.69, 9.17) is 0 Å². The number of hydrogen-bond acceptors (Lipinski definition) is 3. The number of nitrogens with zero attached hydrogens (tertiary/aromatic N) is 2. The van der Waals surface area contributed by atoms with Crippen LogP contribution in [0.3, 0.4) is 0 Å². The summed E-state index contributed by atoms with van der Waals surface area (Å²) < 4.78 is 0. The fraction of sp³-hybridized carbons (Fsp3) is 0.467. The highest BCUT2D eigenvalue weighted by Gasteiger charge is 2.21. The minimum Gasteiger partial charge on any atom is -0.508 e. The van der Waals surface area contributed by atoms with E-state index in [9.17, 15) is 14.7 Å². The van der Waals surface area contributed by atoms with Gasteiger partial charge in [-0.3, -0.25) is 9.59 Å². The van der Waals surface area contributed by atoms with Crippen LogP contribution in [0.25, 0.3) is 0 Å². The van der Waals surface area contributed by atoms with Gasteiger partial charge in [0.05, 0.1) is 13.0 Å². The van der Waals surface area contributed by atoms with Crippen LogP contribution in [0.4, 0.5) is 0 Å². The summed E-state index contributed by atoms with van der Waals surface area (Å²) in [5, 5.41) is 9.65. The Kier molecular flexibility index (Phi) is 4.61. The molecule has 108 valence electrons. The molecule has 0 spiro atoms. The van der Waals surface area contributed by atoms with Crippen molar-refractivity contribution in [3.05, 3.63) is 29.8 Å². The van der Waals surface area contributed by atoms with E-state index in [1.807, 2.05) is 0 Å². The molecule has 2 rings (SSSR count). The Morgan fingerprint density at radius 3 is 2.55 bits per heavy atom. The van der Waals surface area contributed by atoms with E-state index >= 15 is 0 Å². The topological polar surface area (TPSA) is 60.9 Å². The number of likely N-dealkylation sites (N-methyl/N-ethyl adjacent to an activating group) is 1. The van der Waals surface area contributed by atoms with Gasteiger partial charge in [0.15, 0.2) is 0 Å². The number of amides is 2. The third kappa shape index (κ3) is 3.50. The molecule has 5 nitrogen and oxygen atoms in total. The average Bonchev–Trinajstić information content (AvgIpc) is 2.95. The average molecular weight is 276 g/mol. The molecule has 0 unspecified atom stereocenters. The maximum absolute atomic E-state index is 12.1. The number of rotatable bonds is 4. The Hall–Kier alpha value is -2.04. The Labute approximate surface area is 118 Å². The number of para-hydroxylation sites is 1. The Bertz CT molecular complexity index is 496. The minimum atomic E-state index is -0.168. The van der Waals surface area contributed by atoms with E-state index in [-0.39, 0.29) is 30.5 Å². The van der Waals surface area contributed by atoms with Crippen molar-refractivity contribution in [1.29, 1.82) is 0 Å². The van der Waals surface area contributed by atoms with Gasteiger partial charge in [-0.1, -0.05) is 18.2 Å². The minimum absolute atomic E-state index is 0.00404. The fourth-order valence-corrected chi connectivity index (χ4v) is 2.32. The van der Waals surface area contributed by atoms with Crippen molar-refractivity contribution in [3.63, 3.8) is 0 Å². The Balaban J connectivity index is 1.88. The van der Waals surface area contributed by atoms with E-state index in [1.54, 1.807) is 36.2 Å². The summed E-state index contributed by atoms with van der Waals surface area (Å²) >= 11 is 0. The molecular weight excluding hydrogens is 256 g/mol. The molecule has 1 aromatic rings. The highest BCUT2D eigenvalue weighted by atomic mass is 16.3. The largest absolute Gasteiger partial charge is 0.508 e. The van der Waals surface area contributed by atoms with Crippen molar-refractivity contribution < 1.29 is 14.7 Å². The fourth-order valence-electron chi connectivity index (χ4n) is 2.32. The molecule has 0 radical (unpaired) electrons. The number of benzene rings is 1. The molecule has 1 N–H and O–H groups in total. The van der Waals surface area contributed by atoms with Crippen molar-refractivity contribution in [1.82, 2.24) is 9.80 Å². The normalized spacial score (nSPS) is 14.3. The van der Waals surface area contributed by atoms with Crippen LogP contribution >= 0.6 is 0 Å². The first-order chi connectivity index (χ1) is 9.58. The van der Waals surface area contributed by atoms with E-state index in [0.717, 1.165) is 25.9 Å². The van der Waals surface area contributed by atoms with Gasteiger partial charge in [0.1, 0.15) is 5.75 Å². The van der Waals surface area contributed by atoms with E-state index in [0.29, 0.717) is 5.56 Å². The maximum Gasteiger partial charge on any atom is 0.242 e. The van der Waals surface area contributed by atoms with Crippen LogP contribution in [0.2, 0.25) is 0 Å². The number of likely N-dealkylation sites (tertiary alicyclic amines) is 1. The van der Waals surface area contributed by atoms with Crippen molar-refractivity contribution >= 4 is 11.8 Å². The van der Waals surface area contributed by atoms with Gasteiger partial charge in [-0.25, -0.2) is 0 Å². The van der Waals surface area contributed by atoms with E-state index in [1.165, 1.54) is 4.90 Å². The molecule has 20 heavy (non-hydrogen) atoms. The van der Waals surface area contributed by atoms with E-state index in [2.05, 4.69) is 0 Å². The van der Waals surface area contributed by atoms with Gasteiger partial charge in [-0.2, -0.15) is 0 Å². The lowest BCUT2D eigenvalue weighted by atomic mass is 10.1. The summed E-state index contributed by atoms with van der Waals surface area (Å²) in [6, 6.07) is 6.75. The van der Waals surface area contributed by atoms with Gasteiger partial charge in [-0.05, 0) is 18.9 Å². The maximum atomic E-state index is 12.1. The molecule has 0 atom stereocenters. The molecule has 0 bridgehead atoms. The number of aromatic hydroxyl groups is 1. The lowest BCUT2D eigenvalue weighted by Crippen LogP contribution is -2.40. The van der Waals surface area contributed by atoms with Gasteiger partial charge in [0.25, 0.3) is 0 Å². The zero-order valence-electron chi connectivity index (χ0n) is 11.7. The second kappa shape index (κ2) is 6.41. The van der Waals surface area contributed by atoms with Gasteiger partial charge >= 0.3 is 0 Å². The summed E-state index contributed by atoms with van der Waals surface area (Å²) in [7, 11) is 1.62. The molecule has 2 amide bonds. The van der Waals surface area contributed by atoms with Gasteiger partial charge < -0.3 is 14.9 Å². The number of phenols is 1. The summed E-state index contributed by atoms with van der Waals surface area (Å²) in [6.45, 7) is 1.69. The highest BCUT2D eigenvalue weighted by molar-refractivity contribution is 5.86. The summed E-state index contributed by atoms with van der Waals surface area (Å²) in [5.41, 5.74) is 0.581. The van der Waals surface area contributed by atoms with Crippen molar-refractivity contribution in [2.45, 2.75) is 19.3 Å². The molecule has 1 fully saturated rings. The van der Waals surface area contributed by atoms with Crippen molar-refractivity contribution in [3.8, 4) is 5.75 Å². The lowest BCUT2D eigenvalue weighted by molar-refractivity contribution is -0.138. The van der Waals surface area contributed by atoms with Crippen LogP contribution in [-0.2, 0) is 16.0 Å².